The van der Waals surface area contributed by atoms with E-state index in [-0.39, 0.29) is 15.6 Å². The highest BCUT2D eigenvalue weighted by molar-refractivity contribution is 9.10. The van der Waals surface area contributed by atoms with Crippen LogP contribution in [0.3, 0.4) is 0 Å². The highest BCUT2D eigenvalue weighted by atomic mass is 79.9. The lowest BCUT2D eigenvalue weighted by Crippen LogP contribution is -2.16. The van der Waals surface area contributed by atoms with E-state index in [0.29, 0.717) is 10.0 Å². The van der Waals surface area contributed by atoms with Crippen molar-refractivity contribution >= 4 is 51.9 Å². The molecule has 0 amide bonds. The molecule has 0 radical (unpaired) electrons. The quantitative estimate of drug-likeness (QED) is 0.558. The number of hydrogen-bond donors (Lipinski definition) is 0. The Morgan fingerprint density at radius 2 is 1.94 bits per heavy atom. The molecule has 5 nitrogen and oxygen atoms in total. The highest BCUT2D eigenvalue weighted by Crippen LogP contribution is 2.39. The molecule has 1 aliphatic heterocycles. The molecule has 18 heavy (non-hydrogen) atoms. The highest BCUT2D eigenvalue weighted by Gasteiger charge is 2.29. The van der Waals surface area contributed by atoms with Gasteiger partial charge in [0.15, 0.2) is 5.75 Å². The molecule has 98 valence electrons. The van der Waals surface area contributed by atoms with Crippen LogP contribution >= 0.6 is 26.6 Å². The number of benzene rings is 1. The maximum atomic E-state index is 11.6. The summed E-state index contributed by atoms with van der Waals surface area (Å²) < 4.78 is 51.1. The van der Waals surface area contributed by atoms with Crippen LogP contribution < -0.4 is 4.18 Å². The largest absolute Gasteiger partial charge is 0.377 e. The SMILES string of the molecule is CC1=Cc2cc(Br)cc(S(=O)(=O)Cl)c2OS1(=O)=O. The zero-order valence-electron chi connectivity index (χ0n) is 8.85. The predicted molar refractivity (Wildman–Crippen MR) is 70.4 cm³/mol. The fraction of sp³-hybridized carbons (Fsp3) is 0.111. The smallest absolute Gasteiger partial charge is 0.335 e. The van der Waals surface area contributed by atoms with E-state index >= 15 is 0 Å². The lowest BCUT2D eigenvalue weighted by atomic mass is 10.2. The second-order valence-electron chi connectivity index (χ2n) is 3.55. The first-order valence-corrected chi connectivity index (χ1v) is 9.03. The summed E-state index contributed by atoms with van der Waals surface area (Å²) >= 11 is 3.12. The van der Waals surface area contributed by atoms with Crippen molar-refractivity contribution in [2.75, 3.05) is 0 Å². The Morgan fingerprint density at radius 3 is 2.50 bits per heavy atom. The molecular formula is C9H6BrClO5S2. The van der Waals surface area contributed by atoms with Crippen LogP contribution in [0.2, 0.25) is 0 Å². The normalized spacial score (nSPS) is 17.6. The van der Waals surface area contributed by atoms with Crippen molar-refractivity contribution in [3.05, 3.63) is 27.1 Å². The minimum atomic E-state index is -4.11. The molecule has 0 N–H and O–H groups in total. The number of hydrogen-bond acceptors (Lipinski definition) is 5. The molecule has 0 unspecified atom stereocenters. The van der Waals surface area contributed by atoms with Gasteiger partial charge in [0.05, 0.1) is 4.91 Å². The summed E-state index contributed by atoms with van der Waals surface area (Å²) in [6.45, 7) is 1.36. The Balaban J connectivity index is 2.86. The van der Waals surface area contributed by atoms with Gasteiger partial charge in [0.2, 0.25) is 0 Å². The average molecular weight is 374 g/mol. The molecule has 0 aliphatic carbocycles. The molecule has 1 heterocycles. The summed E-state index contributed by atoms with van der Waals surface area (Å²) in [6, 6.07) is 2.73. The van der Waals surface area contributed by atoms with Crippen LogP contribution in [0.15, 0.2) is 26.4 Å². The third-order valence-corrected chi connectivity index (χ3v) is 5.33. The van der Waals surface area contributed by atoms with Gasteiger partial charge in [-0.1, -0.05) is 15.9 Å². The van der Waals surface area contributed by atoms with Crippen LogP contribution in [-0.4, -0.2) is 16.8 Å². The average Bonchev–Trinajstić information content (AvgIpc) is 2.18. The maximum Gasteiger partial charge on any atom is 0.335 e. The fourth-order valence-corrected chi connectivity index (χ4v) is 3.91. The van der Waals surface area contributed by atoms with Gasteiger partial charge in [-0.3, -0.25) is 0 Å². The van der Waals surface area contributed by atoms with Crippen molar-refractivity contribution in [1.29, 1.82) is 0 Å². The fourth-order valence-electron chi connectivity index (χ4n) is 1.43. The zero-order valence-corrected chi connectivity index (χ0v) is 12.8. The first-order chi connectivity index (χ1) is 8.11. The van der Waals surface area contributed by atoms with Gasteiger partial charge >= 0.3 is 10.1 Å². The first-order valence-electron chi connectivity index (χ1n) is 4.52. The Hall–Kier alpha value is -0.570. The van der Waals surface area contributed by atoms with Gasteiger partial charge in [0.1, 0.15) is 4.90 Å². The van der Waals surface area contributed by atoms with E-state index in [0.717, 1.165) is 0 Å². The van der Waals surface area contributed by atoms with Gasteiger partial charge in [-0.15, -0.1) is 0 Å². The van der Waals surface area contributed by atoms with Gasteiger partial charge in [0, 0.05) is 20.7 Å². The van der Waals surface area contributed by atoms with Crippen LogP contribution in [0.4, 0.5) is 0 Å². The van der Waals surface area contributed by atoms with E-state index in [1.807, 2.05) is 0 Å². The molecule has 0 saturated carbocycles. The van der Waals surface area contributed by atoms with Gasteiger partial charge in [0.25, 0.3) is 9.05 Å². The van der Waals surface area contributed by atoms with E-state index < -0.39 is 19.2 Å². The molecular weight excluding hydrogens is 368 g/mol. The van der Waals surface area contributed by atoms with Crippen LogP contribution in [-0.2, 0) is 19.2 Å². The Morgan fingerprint density at radius 1 is 1.33 bits per heavy atom. The first kappa shape index (κ1) is 13.9. The third kappa shape index (κ3) is 2.42. The number of fused-ring (bicyclic) bond motifs is 1. The van der Waals surface area contributed by atoms with Crippen molar-refractivity contribution in [2.45, 2.75) is 11.8 Å². The minimum Gasteiger partial charge on any atom is -0.377 e. The van der Waals surface area contributed by atoms with Gasteiger partial charge in [-0.25, -0.2) is 8.42 Å². The second-order valence-corrected chi connectivity index (χ2v) is 8.72. The molecule has 0 aromatic heterocycles. The summed E-state index contributed by atoms with van der Waals surface area (Å²) in [6.07, 6.45) is 1.32. The Labute approximate surface area is 117 Å². The van der Waals surface area contributed by atoms with Crippen LogP contribution in [0.25, 0.3) is 6.08 Å². The summed E-state index contributed by atoms with van der Waals surface area (Å²) in [5, 5.41) is 0. The predicted octanol–water partition coefficient (Wildman–Crippen LogP) is 2.46. The topological polar surface area (TPSA) is 77.5 Å². The molecule has 0 bridgehead atoms. The number of allylic oxidation sites excluding steroid dienone is 1. The molecule has 9 heteroatoms. The molecule has 1 aromatic rings. The van der Waals surface area contributed by atoms with Gasteiger partial charge < -0.3 is 4.18 Å². The zero-order chi connectivity index (χ0) is 13.7. The summed E-state index contributed by atoms with van der Waals surface area (Å²) in [5.74, 6) is -0.279. The third-order valence-electron chi connectivity index (χ3n) is 2.26. The molecule has 0 spiro atoms. The summed E-state index contributed by atoms with van der Waals surface area (Å²) in [4.78, 5) is -0.396. The van der Waals surface area contributed by atoms with Crippen molar-refractivity contribution < 1.29 is 21.0 Å². The standard InChI is InChI=1S/C9H6BrClO5S2/c1-5-2-6-3-7(10)4-8(17(11,12)13)9(6)16-18(5,14)15/h2-4H,1H3. The van der Waals surface area contributed by atoms with Gasteiger partial charge in [-0.05, 0) is 25.1 Å². The van der Waals surface area contributed by atoms with E-state index in [1.54, 1.807) is 6.07 Å². The van der Waals surface area contributed by atoms with Crippen LogP contribution in [0, 0.1) is 0 Å². The van der Waals surface area contributed by atoms with E-state index in [1.165, 1.54) is 19.1 Å². The lowest BCUT2D eigenvalue weighted by molar-refractivity contribution is 0.483. The van der Waals surface area contributed by atoms with Crippen molar-refractivity contribution in [3.63, 3.8) is 0 Å². The summed E-state index contributed by atoms with van der Waals surface area (Å²) in [5.41, 5.74) is 0.330. The van der Waals surface area contributed by atoms with Gasteiger partial charge in [-0.2, -0.15) is 8.42 Å². The minimum absolute atomic E-state index is 0.00831. The molecule has 1 aliphatic rings. The molecule has 2 rings (SSSR count). The lowest BCUT2D eigenvalue weighted by Gasteiger charge is -2.17. The van der Waals surface area contributed by atoms with Crippen molar-refractivity contribution in [3.8, 4) is 5.75 Å². The molecule has 0 atom stereocenters. The number of rotatable bonds is 1. The Bertz CT molecular complexity index is 764. The van der Waals surface area contributed by atoms with E-state index in [4.69, 9.17) is 14.9 Å². The molecule has 0 saturated heterocycles. The monoisotopic (exact) mass is 372 g/mol. The summed E-state index contributed by atoms with van der Waals surface area (Å²) in [7, 11) is -2.81. The Kier molecular flexibility index (Phi) is 3.25. The number of halogens is 2. The maximum absolute atomic E-state index is 11.6. The van der Waals surface area contributed by atoms with Crippen LogP contribution in [0.1, 0.15) is 12.5 Å². The van der Waals surface area contributed by atoms with Crippen molar-refractivity contribution in [2.24, 2.45) is 0 Å². The molecule has 0 fully saturated rings. The van der Waals surface area contributed by atoms with E-state index in [2.05, 4.69) is 15.9 Å². The van der Waals surface area contributed by atoms with Crippen molar-refractivity contribution in [1.82, 2.24) is 0 Å². The second kappa shape index (κ2) is 4.22. The van der Waals surface area contributed by atoms with Crippen LogP contribution in [0.5, 0.6) is 5.75 Å². The van der Waals surface area contributed by atoms with E-state index in [9.17, 15) is 16.8 Å². The molecule has 1 aromatic carbocycles.